The highest BCUT2D eigenvalue weighted by atomic mass is 15.1. The minimum Gasteiger partial charge on any atom is -0.383 e. The maximum absolute atomic E-state index is 3.38. The van der Waals surface area contributed by atoms with Gasteiger partial charge in [0.05, 0.1) is 0 Å². The van der Waals surface area contributed by atoms with Crippen LogP contribution in [0.3, 0.4) is 0 Å². The van der Waals surface area contributed by atoms with Gasteiger partial charge in [-0.3, -0.25) is 0 Å². The van der Waals surface area contributed by atoms with Crippen LogP contribution in [0.15, 0.2) is 30.3 Å². The van der Waals surface area contributed by atoms with Crippen LogP contribution in [0.5, 0.6) is 0 Å². The molecule has 0 spiro atoms. The van der Waals surface area contributed by atoms with E-state index in [0.29, 0.717) is 6.04 Å². The Bertz CT molecular complexity index is 231. The molecular weight excluding hydrogens is 160 g/mol. The summed E-state index contributed by atoms with van der Waals surface area (Å²) in [6.45, 7) is 3.19. The molecule has 0 bridgehead atoms. The molecule has 1 N–H and O–H groups in total. The minimum absolute atomic E-state index is 0.556. The van der Waals surface area contributed by atoms with E-state index in [-0.39, 0.29) is 0 Å². The third-order valence-electron chi connectivity index (χ3n) is 2.26. The molecule has 1 aromatic rings. The summed E-state index contributed by atoms with van der Waals surface area (Å²) in [5.74, 6) is 0. The number of nitrogens with one attached hydrogen (secondary N) is 1. The van der Waals surface area contributed by atoms with Crippen molar-refractivity contribution in [2.75, 3.05) is 26.0 Å². The normalized spacial score (nSPS) is 12.9. The summed E-state index contributed by atoms with van der Waals surface area (Å²) >= 11 is 0. The molecular formula is C11H18N2. The van der Waals surface area contributed by atoms with Gasteiger partial charge >= 0.3 is 0 Å². The second-order valence-corrected chi connectivity index (χ2v) is 3.56. The van der Waals surface area contributed by atoms with Crippen LogP contribution in [0.25, 0.3) is 0 Å². The quantitative estimate of drug-likeness (QED) is 0.759. The first kappa shape index (κ1) is 10.1. The fourth-order valence-corrected chi connectivity index (χ4v) is 1.00. The fraction of sp³-hybridized carbons (Fsp3) is 0.455. The lowest BCUT2D eigenvalue weighted by molar-refractivity contribution is 0.326. The van der Waals surface area contributed by atoms with E-state index in [4.69, 9.17) is 0 Å². The molecule has 0 unspecified atom stereocenters. The zero-order chi connectivity index (χ0) is 9.68. The standard InChI is InChI=1S/C11H18N2/c1-10(13(2)3)9-12-11-7-5-4-6-8-11/h4-8,10,12H,9H2,1-3H3/t10-/m1/s1. The van der Waals surface area contributed by atoms with E-state index in [9.17, 15) is 0 Å². The molecule has 2 heteroatoms. The van der Waals surface area contributed by atoms with E-state index < -0.39 is 0 Å². The maximum Gasteiger partial charge on any atom is 0.0340 e. The molecule has 0 aliphatic carbocycles. The summed E-state index contributed by atoms with van der Waals surface area (Å²) in [6, 6.07) is 10.8. The molecule has 0 aromatic heterocycles. The van der Waals surface area contributed by atoms with Gasteiger partial charge < -0.3 is 10.2 Å². The lowest BCUT2D eigenvalue weighted by Crippen LogP contribution is -2.31. The number of hydrogen-bond acceptors (Lipinski definition) is 2. The smallest absolute Gasteiger partial charge is 0.0340 e. The number of para-hydroxylation sites is 1. The van der Waals surface area contributed by atoms with Gasteiger partial charge in [0.1, 0.15) is 0 Å². The molecule has 0 aliphatic heterocycles. The van der Waals surface area contributed by atoms with Gasteiger partial charge in [-0.1, -0.05) is 18.2 Å². The van der Waals surface area contributed by atoms with E-state index >= 15 is 0 Å². The van der Waals surface area contributed by atoms with Crippen molar-refractivity contribution in [3.63, 3.8) is 0 Å². The summed E-state index contributed by atoms with van der Waals surface area (Å²) < 4.78 is 0. The van der Waals surface area contributed by atoms with Gasteiger partial charge in [0.25, 0.3) is 0 Å². The predicted octanol–water partition coefficient (Wildman–Crippen LogP) is 2.05. The predicted molar refractivity (Wildman–Crippen MR) is 58.1 cm³/mol. The highest BCUT2D eigenvalue weighted by Gasteiger charge is 2.02. The van der Waals surface area contributed by atoms with Crippen molar-refractivity contribution < 1.29 is 0 Å². The molecule has 0 aliphatic rings. The van der Waals surface area contributed by atoms with Crippen molar-refractivity contribution in [1.82, 2.24) is 4.90 Å². The molecule has 1 rings (SSSR count). The first-order chi connectivity index (χ1) is 6.20. The molecule has 0 saturated carbocycles. The van der Waals surface area contributed by atoms with Crippen LogP contribution in [0.1, 0.15) is 6.92 Å². The second kappa shape index (κ2) is 4.87. The van der Waals surface area contributed by atoms with Crippen LogP contribution in [-0.2, 0) is 0 Å². The summed E-state index contributed by atoms with van der Waals surface area (Å²) in [4.78, 5) is 2.20. The first-order valence-electron chi connectivity index (χ1n) is 4.65. The third-order valence-corrected chi connectivity index (χ3v) is 2.26. The Morgan fingerprint density at radius 1 is 1.23 bits per heavy atom. The van der Waals surface area contributed by atoms with E-state index in [0.717, 1.165) is 6.54 Å². The lowest BCUT2D eigenvalue weighted by atomic mass is 10.3. The zero-order valence-corrected chi connectivity index (χ0v) is 8.62. The van der Waals surface area contributed by atoms with E-state index in [1.807, 2.05) is 18.2 Å². The summed E-state index contributed by atoms with van der Waals surface area (Å²) in [6.07, 6.45) is 0. The number of nitrogens with zero attached hydrogens (tertiary/aromatic N) is 1. The molecule has 1 aromatic carbocycles. The van der Waals surface area contributed by atoms with Gasteiger partial charge in [-0.15, -0.1) is 0 Å². The first-order valence-corrected chi connectivity index (χ1v) is 4.65. The molecule has 0 heterocycles. The van der Waals surface area contributed by atoms with Gasteiger partial charge in [0.15, 0.2) is 0 Å². The highest BCUT2D eigenvalue weighted by molar-refractivity contribution is 5.42. The second-order valence-electron chi connectivity index (χ2n) is 3.56. The molecule has 2 nitrogen and oxygen atoms in total. The topological polar surface area (TPSA) is 15.3 Å². The van der Waals surface area contributed by atoms with Gasteiger partial charge in [0.2, 0.25) is 0 Å². The highest BCUT2D eigenvalue weighted by Crippen LogP contribution is 2.05. The largest absolute Gasteiger partial charge is 0.383 e. The van der Waals surface area contributed by atoms with Gasteiger partial charge in [-0.25, -0.2) is 0 Å². The molecule has 0 radical (unpaired) electrons. The summed E-state index contributed by atoms with van der Waals surface area (Å²) in [7, 11) is 4.19. The van der Waals surface area contributed by atoms with Crippen molar-refractivity contribution in [2.24, 2.45) is 0 Å². The summed E-state index contributed by atoms with van der Waals surface area (Å²) in [5.41, 5.74) is 1.19. The van der Waals surface area contributed by atoms with Crippen molar-refractivity contribution in [1.29, 1.82) is 0 Å². The molecule has 0 saturated heterocycles. The van der Waals surface area contributed by atoms with Crippen molar-refractivity contribution in [3.05, 3.63) is 30.3 Å². The number of rotatable bonds is 4. The van der Waals surface area contributed by atoms with E-state index in [1.165, 1.54) is 5.69 Å². The Morgan fingerprint density at radius 2 is 1.85 bits per heavy atom. The number of hydrogen-bond donors (Lipinski definition) is 1. The average Bonchev–Trinajstić information content (AvgIpc) is 2.15. The van der Waals surface area contributed by atoms with Crippen LogP contribution in [0.4, 0.5) is 5.69 Å². The Labute approximate surface area is 80.6 Å². The van der Waals surface area contributed by atoms with Gasteiger partial charge in [-0.2, -0.15) is 0 Å². The summed E-state index contributed by atoms with van der Waals surface area (Å²) in [5, 5.41) is 3.38. The molecule has 0 amide bonds. The van der Waals surface area contributed by atoms with Crippen LogP contribution < -0.4 is 5.32 Å². The Balaban J connectivity index is 2.35. The Morgan fingerprint density at radius 3 is 2.38 bits per heavy atom. The van der Waals surface area contributed by atoms with E-state index in [2.05, 4.69) is 43.4 Å². The maximum atomic E-state index is 3.38. The minimum atomic E-state index is 0.556. The SMILES string of the molecule is C[C@H](CNc1ccccc1)N(C)C. The van der Waals surface area contributed by atoms with Crippen LogP contribution in [0, 0.1) is 0 Å². The fourth-order valence-electron chi connectivity index (χ4n) is 1.00. The number of anilines is 1. The zero-order valence-electron chi connectivity index (χ0n) is 8.62. The third kappa shape index (κ3) is 3.47. The van der Waals surface area contributed by atoms with Crippen molar-refractivity contribution in [2.45, 2.75) is 13.0 Å². The molecule has 0 fully saturated rings. The van der Waals surface area contributed by atoms with Crippen LogP contribution in [0.2, 0.25) is 0 Å². The average molecular weight is 178 g/mol. The Kier molecular flexibility index (Phi) is 3.77. The molecule has 72 valence electrons. The molecule has 1 atom stereocenters. The van der Waals surface area contributed by atoms with Crippen LogP contribution in [-0.4, -0.2) is 31.6 Å². The van der Waals surface area contributed by atoms with Crippen molar-refractivity contribution in [3.8, 4) is 0 Å². The number of likely N-dealkylation sites (N-methyl/N-ethyl adjacent to an activating group) is 1. The Hall–Kier alpha value is -1.02. The van der Waals surface area contributed by atoms with E-state index in [1.54, 1.807) is 0 Å². The molecule has 13 heavy (non-hydrogen) atoms. The number of benzene rings is 1. The van der Waals surface area contributed by atoms with Crippen molar-refractivity contribution >= 4 is 5.69 Å². The van der Waals surface area contributed by atoms with Gasteiger partial charge in [0, 0.05) is 18.3 Å². The lowest BCUT2D eigenvalue weighted by Gasteiger charge is -2.20. The van der Waals surface area contributed by atoms with Crippen LogP contribution >= 0.6 is 0 Å². The van der Waals surface area contributed by atoms with Gasteiger partial charge in [-0.05, 0) is 33.2 Å². The monoisotopic (exact) mass is 178 g/mol.